The van der Waals surface area contributed by atoms with Gasteiger partial charge in [0.2, 0.25) is 0 Å². The minimum Gasteiger partial charge on any atom is -0.481 e. The Morgan fingerprint density at radius 3 is 2.56 bits per heavy atom. The Morgan fingerprint density at radius 1 is 1.44 bits per heavy atom. The zero-order valence-corrected chi connectivity index (χ0v) is 11.4. The molecule has 0 saturated heterocycles. The Kier molecular flexibility index (Phi) is 6.07. The molecule has 1 rings (SSSR count). The van der Waals surface area contributed by atoms with E-state index >= 15 is 0 Å². The van der Waals surface area contributed by atoms with Gasteiger partial charge in [-0.15, -0.1) is 12.4 Å². The molecule has 0 atom stereocenters. The summed E-state index contributed by atoms with van der Waals surface area (Å²) in [4.78, 5) is 14.4. The Morgan fingerprint density at radius 2 is 2.06 bits per heavy atom. The van der Waals surface area contributed by atoms with E-state index in [4.69, 9.17) is 10.8 Å². The van der Waals surface area contributed by atoms with Gasteiger partial charge in [-0.1, -0.05) is 0 Å². The molecule has 0 unspecified atom stereocenters. The number of sulfone groups is 1. The van der Waals surface area contributed by atoms with E-state index in [-0.39, 0.29) is 29.5 Å². The van der Waals surface area contributed by atoms with E-state index in [0.29, 0.717) is 18.5 Å². The molecule has 6 nitrogen and oxygen atoms in total. The number of pyridine rings is 1. The van der Waals surface area contributed by atoms with Crippen LogP contribution in [0.15, 0.2) is 17.0 Å². The molecule has 0 fully saturated rings. The van der Waals surface area contributed by atoms with Crippen LogP contribution in [0.3, 0.4) is 0 Å². The first-order chi connectivity index (χ1) is 7.79. The highest BCUT2D eigenvalue weighted by Crippen LogP contribution is 2.15. The van der Waals surface area contributed by atoms with E-state index in [1.165, 1.54) is 12.1 Å². The molecule has 0 spiro atoms. The Bertz CT molecular complexity index is 531. The van der Waals surface area contributed by atoms with Crippen molar-refractivity contribution >= 4 is 34.0 Å². The van der Waals surface area contributed by atoms with Crippen molar-refractivity contribution in [3.63, 3.8) is 0 Å². The maximum atomic E-state index is 11.3. The van der Waals surface area contributed by atoms with Crippen molar-refractivity contribution < 1.29 is 18.3 Å². The van der Waals surface area contributed by atoms with Crippen molar-refractivity contribution in [2.75, 3.05) is 12.0 Å². The third kappa shape index (κ3) is 5.33. The quantitative estimate of drug-likeness (QED) is 0.834. The highest BCUT2D eigenvalue weighted by atomic mass is 35.5. The molecule has 0 aliphatic rings. The standard InChI is InChI=1S/C10H14N2O4S.ClH/c1-17(15,16)8-5-7(12-9(11)6-8)3-2-4-10(13)14;/h5-6H,2-4H2,1H3,(H2,11,12)(H,13,14);1H. The number of halogens is 1. The van der Waals surface area contributed by atoms with Gasteiger partial charge >= 0.3 is 5.97 Å². The van der Waals surface area contributed by atoms with Crippen LogP contribution in [0, 0.1) is 0 Å². The average Bonchev–Trinajstić information content (AvgIpc) is 2.14. The zero-order chi connectivity index (χ0) is 13.1. The topological polar surface area (TPSA) is 110 Å². The maximum Gasteiger partial charge on any atom is 0.303 e. The lowest BCUT2D eigenvalue weighted by atomic mass is 10.2. The van der Waals surface area contributed by atoms with Crippen LogP contribution in [-0.2, 0) is 21.1 Å². The number of rotatable bonds is 5. The van der Waals surface area contributed by atoms with Gasteiger partial charge in [-0.25, -0.2) is 13.4 Å². The summed E-state index contributed by atoms with van der Waals surface area (Å²) in [6.45, 7) is 0. The summed E-state index contributed by atoms with van der Waals surface area (Å²) in [7, 11) is -3.33. The molecular weight excluding hydrogens is 280 g/mol. The van der Waals surface area contributed by atoms with Gasteiger partial charge in [-0.3, -0.25) is 4.79 Å². The second kappa shape index (κ2) is 6.55. The summed E-state index contributed by atoms with van der Waals surface area (Å²) < 4.78 is 22.7. The van der Waals surface area contributed by atoms with Gasteiger partial charge in [-0.05, 0) is 25.0 Å². The molecule has 8 heteroatoms. The minimum absolute atomic E-state index is 0. The molecule has 102 valence electrons. The number of hydrogen-bond acceptors (Lipinski definition) is 5. The second-order valence-corrected chi connectivity index (χ2v) is 5.75. The van der Waals surface area contributed by atoms with E-state index in [9.17, 15) is 13.2 Å². The van der Waals surface area contributed by atoms with Crippen molar-refractivity contribution in [2.45, 2.75) is 24.2 Å². The fourth-order valence-electron chi connectivity index (χ4n) is 1.34. The molecule has 18 heavy (non-hydrogen) atoms. The highest BCUT2D eigenvalue weighted by molar-refractivity contribution is 7.90. The summed E-state index contributed by atoms with van der Waals surface area (Å²) in [5.74, 6) is -0.768. The first kappa shape index (κ1) is 16.7. The molecule has 3 N–H and O–H groups in total. The van der Waals surface area contributed by atoms with Gasteiger partial charge in [0.1, 0.15) is 5.82 Å². The van der Waals surface area contributed by atoms with Crippen LogP contribution in [-0.4, -0.2) is 30.7 Å². The van der Waals surface area contributed by atoms with E-state index in [1.54, 1.807) is 0 Å². The molecule has 1 heterocycles. The molecule has 0 aliphatic heterocycles. The first-order valence-electron chi connectivity index (χ1n) is 4.97. The normalized spacial score (nSPS) is 10.7. The number of nitrogens with zero attached hydrogens (tertiary/aromatic N) is 1. The fraction of sp³-hybridized carbons (Fsp3) is 0.400. The Balaban J connectivity index is 0.00000289. The van der Waals surface area contributed by atoms with E-state index in [0.717, 1.165) is 6.26 Å². The summed E-state index contributed by atoms with van der Waals surface area (Å²) in [5.41, 5.74) is 5.99. The number of aliphatic carboxylic acids is 1. The van der Waals surface area contributed by atoms with Gasteiger partial charge in [-0.2, -0.15) is 0 Å². The van der Waals surface area contributed by atoms with Crippen molar-refractivity contribution in [2.24, 2.45) is 0 Å². The van der Waals surface area contributed by atoms with Crippen LogP contribution in [0.1, 0.15) is 18.5 Å². The number of nitrogen functional groups attached to an aromatic ring is 1. The van der Waals surface area contributed by atoms with Crippen LogP contribution in [0.2, 0.25) is 0 Å². The zero-order valence-electron chi connectivity index (χ0n) is 9.79. The maximum absolute atomic E-state index is 11.3. The van der Waals surface area contributed by atoms with Crippen LogP contribution in [0.5, 0.6) is 0 Å². The molecule has 0 aromatic carbocycles. The number of anilines is 1. The van der Waals surface area contributed by atoms with E-state index < -0.39 is 15.8 Å². The van der Waals surface area contributed by atoms with Gasteiger partial charge in [0.25, 0.3) is 0 Å². The smallest absolute Gasteiger partial charge is 0.303 e. The summed E-state index contributed by atoms with van der Waals surface area (Å²) >= 11 is 0. The van der Waals surface area contributed by atoms with Crippen LogP contribution >= 0.6 is 12.4 Å². The number of nitrogens with two attached hydrogens (primary N) is 1. The minimum atomic E-state index is -3.33. The number of carboxylic acids is 1. The van der Waals surface area contributed by atoms with Gasteiger partial charge in [0, 0.05) is 18.4 Å². The number of hydrogen-bond donors (Lipinski definition) is 2. The molecule has 0 saturated carbocycles. The monoisotopic (exact) mass is 294 g/mol. The second-order valence-electron chi connectivity index (χ2n) is 3.74. The number of aryl methyl sites for hydroxylation is 1. The van der Waals surface area contributed by atoms with E-state index in [1.807, 2.05) is 0 Å². The van der Waals surface area contributed by atoms with E-state index in [2.05, 4.69) is 4.98 Å². The van der Waals surface area contributed by atoms with Crippen molar-refractivity contribution in [3.05, 3.63) is 17.8 Å². The van der Waals surface area contributed by atoms with Gasteiger partial charge < -0.3 is 10.8 Å². The van der Waals surface area contributed by atoms with Crippen molar-refractivity contribution in [1.29, 1.82) is 0 Å². The fourth-order valence-corrected chi connectivity index (χ4v) is 2.03. The van der Waals surface area contributed by atoms with Crippen LogP contribution in [0.4, 0.5) is 5.82 Å². The number of carboxylic acid groups (broad SMARTS) is 1. The molecular formula is C10H15ClN2O4S. The van der Waals surface area contributed by atoms with Crippen molar-refractivity contribution in [1.82, 2.24) is 4.98 Å². The molecule has 1 aromatic rings. The summed E-state index contributed by atoms with van der Waals surface area (Å²) in [6.07, 6.45) is 1.89. The summed E-state index contributed by atoms with van der Waals surface area (Å²) in [6, 6.07) is 2.71. The number of carbonyl (C=O) groups is 1. The highest BCUT2D eigenvalue weighted by Gasteiger charge is 2.10. The third-order valence-corrected chi connectivity index (χ3v) is 3.22. The lowest BCUT2D eigenvalue weighted by Crippen LogP contribution is -2.04. The lowest BCUT2D eigenvalue weighted by Gasteiger charge is -2.04. The Labute approximate surface area is 112 Å². The molecule has 1 aromatic heterocycles. The number of aromatic nitrogens is 1. The lowest BCUT2D eigenvalue weighted by molar-refractivity contribution is -0.137. The molecule has 0 radical (unpaired) electrons. The molecule has 0 amide bonds. The average molecular weight is 295 g/mol. The van der Waals surface area contributed by atoms with Crippen molar-refractivity contribution in [3.8, 4) is 0 Å². The van der Waals surface area contributed by atoms with Crippen LogP contribution < -0.4 is 5.73 Å². The third-order valence-electron chi connectivity index (χ3n) is 2.12. The first-order valence-corrected chi connectivity index (χ1v) is 6.86. The van der Waals surface area contributed by atoms with Gasteiger partial charge in [0.05, 0.1) is 4.90 Å². The Hall–Kier alpha value is -1.34. The van der Waals surface area contributed by atoms with Gasteiger partial charge in [0.15, 0.2) is 9.84 Å². The van der Waals surface area contributed by atoms with Crippen LogP contribution in [0.25, 0.3) is 0 Å². The predicted octanol–water partition coefficient (Wildman–Crippen LogP) is 0.896. The SMILES string of the molecule is CS(=O)(=O)c1cc(N)nc(CCCC(=O)O)c1.Cl. The molecule has 0 aliphatic carbocycles. The molecule has 0 bridgehead atoms. The predicted molar refractivity (Wildman–Crippen MR) is 69.6 cm³/mol. The summed E-state index contributed by atoms with van der Waals surface area (Å²) in [5, 5.41) is 8.49. The largest absolute Gasteiger partial charge is 0.481 e.